The minimum absolute atomic E-state index is 0.151. The number of hydrogen-bond acceptors (Lipinski definition) is 4. The van der Waals surface area contributed by atoms with Crippen LogP contribution in [-0.2, 0) is 4.74 Å². The van der Waals surface area contributed by atoms with Crippen molar-refractivity contribution in [2.24, 2.45) is 5.73 Å². The Balaban J connectivity index is 1.91. The Morgan fingerprint density at radius 2 is 2.00 bits per heavy atom. The van der Waals surface area contributed by atoms with Gasteiger partial charge in [-0.05, 0) is 17.7 Å². The summed E-state index contributed by atoms with van der Waals surface area (Å²) in [6, 6.07) is 12.6. The molecule has 0 amide bonds. The highest BCUT2D eigenvalue weighted by molar-refractivity contribution is 5.88. The molecule has 0 saturated heterocycles. The Bertz CT molecular complexity index is 500. The van der Waals surface area contributed by atoms with Gasteiger partial charge in [0.25, 0.3) is 0 Å². The van der Waals surface area contributed by atoms with Crippen molar-refractivity contribution in [3.8, 4) is 0 Å². The SMILES string of the molecule is NC(COC(=O)c1cccnc1)c1ccccc1. The Hall–Kier alpha value is -2.20. The molecule has 0 bridgehead atoms. The number of rotatable bonds is 4. The maximum Gasteiger partial charge on any atom is 0.339 e. The van der Waals surface area contributed by atoms with Crippen LogP contribution >= 0.6 is 0 Å². The quantitative estimate of drug-likeness (QED) is 0.832. The minimum Gasteiger partial charge on any atom is -0.460 e. The first-order valence-corrected chi connectivity index (χ1v) is 5.65. The van der Waals surface area contributed by atoms with Gasteiger partial charge in [-0.25, -0.2) is 4.79 Å². The van der Waals surface area contributed by atoms with Crippen LogP contribution in [0.15, 0.2) is 54.9 Å². The third-order valence-corrected chi connectivity index (χ3v) is 2.52. The van der Waals surface area contributed by atoms with Crippen LogP contribution in [0, 0.1) is 0 Å². The van der Waals surface area contributed by atoms with Gasteiger partial charge in [0, 0.05) is 12.4 Å². The Kier molecular flexibility index (Phi) is 4.04. The van der Waals surface area contributed by atoms with Gasteiger partial charge in [-0.3, -0.25) is 4.98 Å². The zero-order valence-electron chi connectivity index (χ0n) is 9.82. The van der Waals surface area contributed by atoms with E-state index < -0.39 is 5.97 Å². The molecule has 1 atom stereocenters. The van der Waals surface area contributed by atoms with Gasteiger partial charge in [-0.2, -0.15) is 0 Å². The highest BCUT2D eigenvalue weighted by Gasteiger charge is 2.11. The fourth-order valence-electron chi connectivity index (χ4n) is 1.53. The first-order chi connectivity index (χ1) is 8.77. The molecule has 0 aliphatic heterocycles. The van der Waals surface area contributed by atoms with Crippen LogP contribution in [0.2, 0.25) is 0 Å². The second-order valence-electron chi connectivity index (χ2n) is 3.86. The molecule has 2 aromatic rings. The van der Waals surface area contributed by atoms with Crippen LogP contribution in [0.1, 0.15) is 22.0 Å². The Labute approximate surface area is 105 Å². The highest BCUT2D eigenvalue weighted by Crippen LogP contribution is 2.10. The number of hydrogen-bond donors (Lipinski definition) is 1. The second kappa shape index (κ2) is 5.93. The van der Waals surface area contributed by atoms with Gasteiger partial charge in [-0.1, -0.05) is 30.3 Å². The molecule has 18 heavy (non-hydrogen) atoms. The van der Waals surface area contributed by atoms with Crippen LogP contribution in [-0.4, -0.2) is 17.6 Å². The summed E-state index contributed by atoms with van der Waals surface area (Å²) in [5.74, 6) is -0.408. The summed E-state index contributed by atoms with van der Waals surface area (Å²) in [4.78, 5) is 15.5. The zero-order valence-corrected chi connectivity index (χ0v) is 9.82. The molecule has 0 aliphatic carbocycles. The van der Waals surface area contributed by atoms with Gasteiger partial charge in [0.15, 0.2) is 0 Å². The lowest BCUT2D eigenvalue weighted by molar-refractivity contribution is 0.0480. The first kappa shape index (κ1) is 12.3. The van der Waals surface area contributed by atoms with Crippen molar-refractivity contribution in [2.75, 3.05) is 6.61 Å². The van der Waals surface area contributed by atoms with Gasteiger partial charge in [0.05, 0.1) is 11.6 Å². The summed E-state index contributed by atoms with van der Waals surface area (Å²) in [6.07, 6.45) is 3.07. The normalized spacial score (nSPS) is 11.8. The summed E-state index contributed by atoms with van der Waals surface area (Å²) in [5, 5.41) is 0. The molecule has 1 aromatic carbocycles. The number of pyridine rings is 1. The van der Waals surface area contributed by atoms with Gasteiger partial charge in [-0.15, -0.1) is 0 Å². The molecule has 4 heteroatoms. The Morgan fingerprint density at radius 3 is 2.67 bits per heavy atom. The summed E-state index contributed by atoms with van der Waals surface area (Å²) in [5.41, 5.74) is 7.30. The van der Waals surface area contributed by atoms with Crippen LogP contribution in [0.4, 0.5) is 0 Å². The van der Waals surface area contributed by atoms with Gasteiger partial charge in [0.1, 0.15) is 6.61 Å². The second-order valence-corrected chi connectivity index (χ2v) is 3.86. The standard InChI is InChI=1S/C14H14N2O2/c15-13(11-5-2-1-3-6-11)10-18-14(17)12-7-4-8-16-9-12/h1-9,13H,10,15H2. The van der Waals surface area contributed by atoms with E-state index in [1.807, 2.05) is 30.3 Å². The fraction of sp³-hybridized carbons (Fsp3) is 0.143. The molecule has 1 aromatic heterocycles. The van der Waals surface area contributed by atoms with Crippen molar-refractivity contribution in [3.05, 3.63) is 66.0 Å². The van der Waals surface area contributed by atoms with E-state index in [1.54, 1.807) is 18.3 Å². The molecular formula is C14H14N2O2. The maximum absolute atomic E-state index is 11.7. The predicted molar refractivity (Wildman–Crippen MR) is 67.9 cm³/mol. The molecule has 0 fully saturated rings. The van der Waals surface area contributed by atoms with E-state index in [1.165, 1.54) is 6.20 Å². The topological polar surface area (TPSA) is 65.2 Å². The average molecular weight is 242 g/mol. The fourth-order valence-corrected chi connectivity index (χ4v) is 1.53. The van der Waals surface area contributed by atoms with Crippen LogP contribution in [0.3, 0.4) is 0 Å². The molecule has 2 rings (SSSR count). The molecule has 1 unspecified atom stereocenters. The number of ether oxygens (including phenoxy) is 1. The minimum atomic E-state index is -0.408. The maximum atomic E-state index is 11.7. The third-order valence-electron chi connectivity index (χ3n) is 2.52. The van der Waals surface area contributed by atoms with Gasteiger partial charge >= 0.3 is 5.97 Å². The molecule has 0 radical (unpaired) electrons. The van der Waals surface area contributed by atoms with E-state index in [0.717, 1.165) is 5.56 Å². The monoisotopic (exact) mass is 242 g/mol. The van der Waals surface area contributed by atoms with Crippen molar-refractivity contribution < 1.29 is 9.53 Å². The molecular weight excluding hydrogens is 228 g/mol. The van der Waals surface area contributed by atoms with E-state index in [2.05, 4.69) is 4.98 Å². The molecule has 92 valence electrons. The molecule has 0 saturated carbocycles. The average Bonchev–Trinajstić information content (AvgIpc) is 2.46. The first-order valence-electron chi connectivity index (χ1n) is 5.65. The van der Waals surface area contributed by atoms with Crippen LogP contribution in [0.25, 0.3) is 0 Å². The van der Waals surface area contributed by atoms with E-state index in [0.29, 0.717) is 5.56 Å². The lowest BCUT2D eigenvalue weighted by Gasteiger charge is -2.12. The third kappa shape index (κ3) is 3.15. The smallest absolute Gasteiger partial charge is 0.339 e. The summed E-state index contributed by atoms with van der Waals surface area (Å²) in [7, 11) is 0. The van der Waals surface area contributed by atoms with E-state index in [9.17, 15) is 4.79 Å². The molecule has 4 nitrogen and oxygen atoms in total. The lowest BCUT2D eigenvalue weighted by atomic mass is 10.1. The van der Waals surface area contributed by atoms with E-state index >= 15 is 0 Å². The van der Waals surface area contributed by atoms with Crippen molar-refractivity contribution in [1.29, 1.82) is 0 Å². The van der Waals surface area contributed by atoms with Crippen molar-refractivity contribution in [3.63, 3.8) is 0 Å². The number of esters is 1. The molecule has 0 spiro atoms. The largest absolute Gasteiger partial charge is 0.460 e. The van der Waals surface area contributed by atoms with Crippen LogP contribution in [0.5, 0.6) is 0 Å². The number of carbonyl (C=O) groups is 1. The lowest BCUT2D eigenvalue weighted by Crippen LogP contribution is -2.19. The highest BCUT2D eigenvalue weighted by atomic mass is 16.5. The number of nitrogens with two attached hydrogens (primary N) is 1. The number of nitrogens with zero attached hydrogens (tertiary/aromatic N) is 1. The molecule has 1 heterocycles. The number of carbonyl (C=O) groups excluding carboxylic acids is 1. The van der Waals surface area contributed by atoms with E-state index in [-0.39, 0.29) is 12.6 Å². The van der Waals surface area contributed by atoms with Crippen molar-refractivity contribution in [2.45, 2.75) is 6.04 Å². The van der Waals surface area contributed by atoms with Gasteiger partial charge in [0.2, 0.25) is 0 Å². The summed E-state index contributed by atoms with van der Waals surface area (Å²) in [6.45, 7) is 0.151. The summed E-state index contributed by atoms with van der Waals surface area (Å²) < 4.78 is 5.14. The summed E-state index contributed by atoms with van der Waals surface area (Å²) >= 11 is 0. The van der Waals surface area contributed by atoms with E-state index in [4.69, 9.17) is 10.5 Å². The number of benzene rings is 1. The van der Waals surface area contributed by atoms with Crippen molar-refractivity contribution >= 4 is 5.97 Å². The Morgan fingerprint density at radius 1 is 1.22 bits per heavy atom. The molecule has 2 N–H and O–H groups in total. The molecule has 0 aliphatic rings. The number of aromatic nitrogens is 1. The zero-order chi connectivity index (χ0) is 12.8. The van der Waals surface area contributed by atoms with Gasteiger partial charge < -0.3 is 10.5 Å². The predicted octanol–water partition coefficient (Wildman–Crippen LogP) is 1.94. The van der Waals surface area contributed by atoms with Crippen molar-refractivity contribution in [1.82, 2.24) is 4.98 Å². The van der Waals surface area contributed by atoms with Crippen LogP contribution < -0.4 is 5.73 Å².